The minimum Gasteiger partial charge on any atom is -0.487 e. The molecule has 1 heterocycles. The number of ether oxygens (including phenoxy) is 1. The molecule has 3 rings (SSSR count). The van der Waals surface area contributed by atoms with Crippen LogP contribution in [0.5, 0.6) is 5.75 Å². The third-order valence-electron chi connectivity index (χ3n) is 3.70. The van der Waals surface area contributed by atoms with E-state index in [1.807, 2.05) is 6.92 Å². The predicted molar refractivity (Wildman–Crippen MR) is 97.7 cm³/mol. The van der Waals surface area contributed by atoms with E-state index in [4.69, 9.17) is 44.0 Å². The number of hydrogen-bond acceptors (Lipinski definition) is 3. The normalized spacial score (nSPS) is 11.0. The van der Waals surface area contributed by atoms with Crippen molar-refractivity contribution in [3.63, 3.8) is 0 Å². The Bertz CT molecular complexity index is 943. The van der Waals surface area contributed by atoms with Gasteiger partial charge in [0.1, 0.15) is 17.9 Å². The lowest BCUT2D eigenvalue weighted by Crippen LogP contribution is -2.01. The molecule has 2 aromatic carbocycles. The lowest BCUT2D eigenvalue weighted by atomic mass is 10.1. The number of halogens is 3. The number of rotatable bonds is 4. The van der Waals surface area contributed by atoms with Gasteiger partial charge in [-0.3, -0.25) is 0 Å². The zero-order valence-corrected chi connectivity index (χ0v) is 15.0. The molecule has 0 saturated carbocycles. The molecule has 0 aliphatic carbocycles. The number of hydrogen-bond donors (Lipinski definition) is 0. The van der Waals surface area contributed by atoms with Crippen LogP contribution >= 0.6 is 34.8 Å². The van der Waals surface area contributed by atoms with Crippen LogP contribution in [-0.4, -0.2) is 0 Å². The Hall–Kier alpha value is -1.68. The lowest BCUT2D eigenvalue weighted by molar-refractivity contribution is 0.306. The van der Waals surface area contributed by atoms with Gasteiger partial charge in [0.25, 0.3) is 0 Å². The molecule has 0 N–H and O–H groups in total. The Morgan fingerprint density at radius 1 is 1.04 bits per heavy atom. The highest BCUT2D eigenvalue weighted by Gasteiger charge is 2.12. The van der Waals surface area contributed by atoms with Gasteiger partial charge < -0.3 is 9.15 Å². The summed E-state index contributed by atoms with van der Waals surface area (Å²) in [5, 5.41) is 2.25. The zero-order chi connectivity index (χ0) is 17.3. The summed E-state index contributed by atoms with van der Waals surface area (Å²) in [7, 11) is 0. The predicted octanol–water partition coefficient (Wildman–Crippen LogP) is 5.89. The van der Waals surface area contributed by atoms with E-state index in [-0.39, 0.29) is 6.61 Å². The second kappa shape index (κ2) is 7.06. The van der Waals surface area contributed by atoms with Crippen LogP contribution in [0.1, 0.15) is 18.1 Å². The largest absolute Gasteiger partial charge is 0.487 e. The molecule has 124 valence electrons. The van der Waals surface area contributed by atoms with Gasteiger partial charge in [-0.15, -0.1) is 0 Å². The average molecular weight is 384 g/mol. The highest BCUT2D eigenvalue weighted by molar-refractivity contribution is 6.36. The Balaban J connectivity index is 1.98. The van der Waals surface area contributed by atoms with Crippen LogP contribution in [-0.2, 0) is 13.0 Å². The van der Waals surface area contributed by atoms with Crippen molar-refractivity contribution >= 4 is 45.8 Å². The van der Waals surface area contributed by atoms with Crippen LogP contribution in [0.25, 0.3) is 11.0 Å². The molecule has 1 aromatic heterocycles. The van der Waals surface area contributed by atoms with Crippen LogP contribution in [0.15, 0.2) is 45.6 Å². The molecule has 3 aromatic rings. The highest BCUT2D eigenvalue weighted by Crippen LogP contribution is 2.33. The summed E-state index contributed by atoms with van der Waals surface area (Å²) < 4.78 is 11.0. The van der Waals surface area contributed by atoms with E-state index in [0.29, 0.717) is 38.4 Å². The van der Waals surface area contributed by atoms with Gasteiger partial charge in [0.2, 0.25) is 0 Å². The standard InChI is InChI=1S/C18H13Cl3O3/c1-2-10-6-18(22)24-16-8-17(15(21)7-11(10)16)23-9-12-13(19)4-3-5-14(12)20/h3-8H,2,9H2,1H3. The molecule has 0 radical (unpaired) electrons. The molecular formula is C18H13Cl3O3. The maximum atomic E-state index is 11.7. The monoisotopic (exact) mass is 382 g/mol. The Morgan fingerprint density at radius 2 is 1.75 bits per heavy atom. The minimum absolute atomic E-state index is 0.154. The van der Waals surface area contributed by atoms with Crippen molar-refractivity contribution in [2.24, 2.45) is 0 Å². The number of benzene rings is 2. The van der Waals surface area contributed by atoms with E-state index >= 15 is 0 Å². The third kappa shape index (κ3) is 3.39. The van der Waals surface area contributed by atoms with Crippen molar-refractivity contribution in [2.75, 3.05) is 0 Å². The molecule has 24 heavy (non-hydrogen) atoms. The summed E-state index contributed by atoms with van der Waals surface area (Å²) in [6, 6.07) is 10.1. The average Bonchev–Trinajstić information content (AvgIpc) is 2.54. The van der Waals surface area contributed by atoms with E-state index in [1.165, 1.54) is 6.07 Å². The second-order valence-electron chi connectivity index (χ2n) is 5.21. The summed E-state index contributed by atoms with van der Waals surface area (Å²) in [6.07, 6.45) is 0.702. The summed E-state index contributed by atoms with van der Waals surface area (Å²) in [4.78, 5) is 11.7. The molecule has 0 aliphatic rings. The zero-order valence-electron chi connectivity index (χ0n) is 12.7. The highest BCUT2D eigenvalue weighted by atomic mass is 35.5. The molecule has 0 unspecified atom stereocenters. The molecule has 0 aliphatic heterocycles. The molecule has 0 fully saturated rings. The molecular weight excluding hydrogens is 371 g/mol. The third-order valence-corrected chi connectivity index (χ3v) is 4.70. The lowest BCUT2D eigenvalue weighted by Gasteiger charge is -2.12. The summed E-state index contributed by atoms with van der Waals surface area (Å²) >= 11 is 18.6. The van der Waals surface area contributed by atoms with Crippen LogP contribution in [0.4, 0.5) is 0 Å². The maximum Gasteiger partial charge on any atom is 0.336 e. The van der Waals surface area contributed by atoms with Crippen molar-refractivity contribution in [1.29, 1.82) is 0 Å². The van der Waals surface area contributed by atoms with Gasteiger partial charge in [-0.1, -0.05) is 47.8 Å². The van der Waals surface area contributed by atoms with Crippen LogP contribution in [0, 0.1) is 0 Å². The van der Waals surface area contributed by atoms with E-state index < -0.39 is 5.63 Å². The summed E-state index contributed by atoms with van der Waals surface area (Å²) in [6.45, 7) is 2.12. The van der Waals surface area contributed by atoms with Gasteiger partial charge in [-0.2, -0.15) is 0 Å². The van der Waals surface area contributed by atoms with Crippen molar-refractivity contribution < 1.29 is 9.15 Å². The fourth-order valence-corrected chi connectivity index (χ4v) is 3.18. The van der Waals surface area contributed by atoms with Crippen LogP contribution in [0.3, 0.4) is 0 Å². The first-order valence-electron chi connectivity index (χ1n) is 7.31. The molecule has 3 nitrogen and oxygen atoms in total. The molecule has 0 amide bonds. The quantitative estimate of drug-likeness (QED) is 0.527. The Labute approximate surface area is 153 Å². The van der Waals surface area contributed by atoms with Gasteiger partial charge in [-0.05, 0) is 30.2 Å². The topological polar surface area (TPSA) is 39.4 Å². The van der Waals surface area contributed by atoms with Crippen LogP contribution < -0.4 is 10.4 Å². The number of fused-ring (bicyclic) bond motifs is 1. The van der Waals surface area contributed by atoms with E-state index in [0.717, 1.165) is 10.9 Å². The fraction of sp³-hybridized carbons (Fsp3) is 0.167. The van der Waals surface area contributed by atoms with E-state index in [2.05, 4.69) is 0 Å². The van der Waals surface area contributed by atoms with Gasteiger partial charge in [0, 0.05) is 33.1 Å². The van der Waals surface area contributed by atoms with Gasteiger partial charge in [0.05, 0.1) is 5.02 Å². The molecule has 0 spiro atoms. The maximum absolute atomic E-state index is 11.7. The van der Waals surface area contributed by atoms with Gasteiger partial charge >= 0.3 is 5.63 Å². The summed E-state index contributed by atoms with van der Waals surface area (Å²) in [5.74, 6) is 0.400. The van der Waals surface area contributed by atoms with E-state index in [1.54, 1.807) is 30.3 Å². The first-order valence-corrected chi connectivity index (χ1v) is 8.45. The van der Waals surface area contributed by atoms with Crippen LogP contribution in [0.2, 0.25) is 15.1 Å². The van der Waals surface area contributed by atoms with Gasteiger partial charge in [-0.25, -0.2) is 4.79 Å². The minimum atomic E-state index is -0.401. The second-order valence-corrected chi connectivity index (χ2v) is 6.43. The smallest absolute Gasteiger partial charge is 0.336 e. The molecule has 0 atom stereocenters. The Kier molecular flexibility index (Phi) is 5.04. The van der Waals surface area contributed by atoms with E-state index in [9.17, 15) is 4.79 Å². The molecule has 6 heteroatoms. The van der Waals surface area contributed by atoms with Crippen molar-refractivity contribution in [2.45, 2.75) is 20.0 Å². The fourth-order valence-electron chi connectivity index (χ4n) is 2.45. The molecule has 0 saturated heterocycles. The first kappa shape index (κ1) is 17.2. The number of aryl methyl sites for hydroxylation is 1. The SMILES string of the molecule is CCc1cc(=O)oc2cc(OCc3c(Cl)cccc3Cl)c(Cl)cc12. The Morgan fingerprint density at radius 3 is 2.42 bits per heavy atom. The van der Waals surface area contributed by atoms with Crippen molar-refractivity contribution in [1.82, 2.24) is 0 Å². The summed E-state index contributed by atoms with van der Waals surface area (Å²) in [5.41, 5.74) is 1.58. The molecule has 0 bridgehead atoms. The van der Waals surface area contributed by atoms with Crippen molar-refractivity contribution in [3.8, 4) is 5.75 Å². The van der Waals surface area contributed by atoms with Crippen molar-refractivity contribution in [3.05, 3.63) is 73.0 Å². The van der Waals surface area contributed by atoms with Gasteiger partial charge in [0.15, 0.2) is 0 Å². The first-order chi connectivity index (χ1) is 11.5.